The molecule has 0 unspecified atom stereocenters. The van der Waals surface area contributed by atoms with Crippen LogP contribution in [0.1, 0.15) is 9.67 Å². The van der Waals surface area contributed by atoms with Crippen LogP contribution in [0.25, 0.3) is 26.7 Å². The van der Waals surface area contributed by atoms with Crippen LogP contribution in [0.4, 0.5) is 5.82 Å². The number of rotatable bonds is 4. The third kappa shape index (κ3) is 3.49. The Balaban J connectivity index is 1.52. The van der Waals surface area contributed by atoms with E-state index in [2.05, 4.69) is 20.3 Å². The number of anilines is 1. The molecule has 0 amide bonds. The lowest BCUT2D eigenvalue weighted by atomic mass is 10.1. The second-order valence-electron chi connectivity index (χ2n) is 6.88. The van der Waals surface area contributed by atoms with Crippen molar-refractivity contribution in [2.24, 2.45) is 0 Å². The first-order chi connectivity index (χ1) is 14.6. The summed E-state index contributed by atoms with van der Waals surface area (Å²) < 4.78 is 1.34. The van der Waals surface area contributed by atoms with E-state index in [1.165, 1.54) is 33.3 Å². The van der Waals surface area contributed by atoms with Crippen LogP contribution in [0.3, 0.4) is 0 Å². The molecule has 4 heterocycles. The van der Waals surface area contributed by atoms with Gasteiger partial charge in [0.15, 0.2) is 0 Å². The van der Waals surface area contributed by atoms with Crippen LogP contribution in [0.5, 0.6) is 0 Å². The molecule has 4 aromatic rings. The van der Waals surface area contributed by atoms with Gasteiger partial charge in [0, 0.05) is 37.8 Å². The van der Waals surface area contributed by atoms with E-state index in [1.54, 1.807) is 6.07 Å². The van der Waals surface area contributed by atoms with Gasteiger partial charge < -0.3 is 15.3 Å². The zero-order valence-corrected chi connectivity index (χ0v) is 17.4. The smallest absolute Gasteiger partial charge is 0.345 e. The summed E-state index contributed by atoms with van der Waals surface area (Å²) in [5.74, 6) is -0.246. The largest absolute Gasteiger partial charge is 0.477 e. The molecular weight excluding hydrogens is 422 g/mol. The van der Waals surface area contributed by atoms with Gasteiger partial charge in [-0.05, 0) is 28.6 Å². The molecule has 3 aromatic heterocycles. The molecule has 152 valence electrons. The van der Waals surface area contributed by atoms with Gasteiger partial charge in [0.05, 0.1) is 0 Å². The topological polar surface area (TPSA) is 99.8 Å². The molecule has 1 aromatic carbocycles. The Bertz CT molecular complexity index is 1300. The van der Waals surface area contributed by atoms with E-state index in [1.807, 2.05) is 29.6 Å². The van der Waals surface area contributed by atoms with Crippen molar-refractivity contribution in [3.63, 3.8) is 0 Å². The Kier molecular flexibility index (Phi) is 4.81. The number of thiophene rings is 1. The van der Waals surface area contributed by atoms with E-state index in [9.17, 15) is 9.59 Å². The fraction of sp³-hybridized carbons (Fsp3) is 0.200. The van der Waals surface area contributed by atoms with Crippen molar-refractivity contribution in [1.29, 1.82) is 0 Å². The number of aromatic nitrogens is 3. The molecule has 5 rings (SSSR count). The molecular formula is C20H17N5O3S2. The third-order valence-electron chi connectivity index (χ3n) is 4.93. The molecule has 1 aliphatic heterocycles. The van der Waals surface area contributed by atoms with Crippen LogP contribution in [-0.2, 0) is 0 Å². The Labute approximate surface area is 179 Å². The summed E-state index contributed by atoms with van der Waals surface area (Å²) in [5, 5.41) is 19.4. The van der Waals surface area contributed by atoms with Crippen molar-refractivity contribution in [3.05, 3.63) is 57.0 Å². The first-order valence-electron chi connectivity index (χ1n) is 9.38. The summed E-state index contributed by atoms with van der Waals surface area (Å²) in [7, 11) is 0. The zero-order valence-electron chi connectivity index (χ0n) is 15.7. The molecule has 0 bridgehead atoms. The second-order valence-corrected chi connectivity index (χ2v) is 8.74. The Hall–Kier alpha value is -3.08. The van der Waals surface area contributed by atoms with Crippen LogP contribution >= 0.6 is 22.7 Å². The average molecular weight is 440 g/mol. The highest BCUT2D eigenvalue weighted by Crippen LogP contribution is 2.31. The number of nitrogens with one attached hydrogen (secondary N) is 1. The van der Waals surface area contributed by atoms with Gasteiger partial charge in [-0.2, -0.15) is 9.61 Å². The average Bonchev–Trinajstić information content (AvgIpc) is 3.42. The van der Waals surface area contributed by atoms with Gasteiger partial charge in [-0.25, -0.2) is 9.78 Å². The maximum atomic E-state index is 12.6. The number of piperazine rings is 1. The van der Waals surface area contributed by atoms with Gasteiger partial charge in [-0.3, -0.25) is 4.79 Å². The first kappa shape index (κ1) is 18.9. The summed E-state index contributed by atoms with van der Waals surface area (Å²) >= 11 is 2.56. The molecule has 1 aliphatic rings. The maximum Gasteiger partial charge on any atom is 0.345 e. The van der Waals surface area contributed by atoms with Gasteiger partial charge in [0.2, 0.25) is 4.96 Å². The fourth-order valence-electron chi connectivity index (χ4n) is 3.40. The number of carboxylic acids is 1. The molecule has 1 saturated heterocycles. The van der Waals surface area contributed by atoms with Crippen molar-refractivity contribution in [2.45, 2.75) is 0 Å². The van der Waals surface area contributed by atoms with Crippen LogP contribution in [0.2, 0.25) is 0 Å². The van der Waals surface area contributed by atoms with Gasteiger partial charge in [-0.15, -0.1) is 11.3 Å². The Morgan fingerprint density at radius 1 is 1.10 bits per heavy atom. The number of carboxylic acid groups (broad SMARTS) is 1. The monoisotopic (exact) mass is 439 g/mol. The van der Waals surface area contributed by atoms with Crippen molar-refractivity contribution < 1.29 is 9.90 Å². The SMILES string of the molecule is O=C(O)c1cc(-c2cccc(-c3nn4c(=O)cc(N5CCNCC5)nc4s3)c2)cs1. The number of aromatic carboxylic acids is 1. The van der Waals surface area contributed by atoms with E-state index in [4.69, 9.17) is 5.11 Å². The van der Waals surface area contributed by atoms with Crippen LogP contribution in [0.15, 0.2) is 46.6 Å². The van der Waals surface area contributed by atoms with Crippen molar-refractivity contribution in [2.75, 3.05) is 31.1 Å². The first-order valence-corrected chi connectivity index (χ1v) is 11.1. The molecule has 0 spiro atoms. The van der Waals surface area contributed by atoms with Gasteiger partial charge in [-0.1, -0.05) is 29.5 Å². The van der Waals surface area contributed by atoms with E-state index in [0.29, 0.717) is 20.7 Å². The number of hydrogen-bond donors (Lipinski definition) is 2. The predicted octanol–water partition coefficient (Wildman–Crippen LogP) is 2.65. The van der Waals surface area contributed by atoms with Gasteiger partial charge in [0.1, 0.15) is 15.7 Å². The van der Waals surface area contributed by atoms with Crippen molar-refractivity contribution in [1.82, 2.24) is 19.9 Å². The lowest BCUT2D eigenvalue weighted by Crippen LogP contribution is -2.44. The van der Waals surface area contributed by atoms with Crippen LogP contribution in [0, 0.1) is 0 Å². The number of hydrogen-bond acceptors (Lipinski definition) is 8. The molecule has 0 aliphatic carbocycles. The molecule has 2 N–H and O–H groups in total. The van der Waals surface area contributed by atoms with Gasteiger partial charge >= 0.3 is 5.97 Å². The maximum absolute atomic E-state index is 12.6. The van der Waals surface area contributed by atoms with Crippen molar-refractivity contribution in [3.8, 4) is 21.7 Å². The van der Waals surface area contributed by atoms with E-state index in [-0.39, 0.29) is 5.56 Å². The minimum absolute atomic E-state index is 0.198. The quantitative estimate of drug-likeness (QED) is 0.504. The summed E-state index contributed by atoms with van der Waals surface area (Å²) in [5.41, 5.74) is 2.40. The molecule has 0 atom stereocenters. The normalized spacial score (nSPS) is 14.3. The van der Waals surface area contributed by atoms with E-state index in [0.717, 1.165) is 42.9 Å². The van der Waals surface area contributed by atoms with Crippen LogP contribution < -0.4 is 15.8 Å². The second kappa shape index (κ2) is 7.63. The number of benzene rings is 1. The lowest BCUT2D eigenvalue weighted by molar-refractivity contribution is 0.0702. The summed E-state index contributed by atoms with van der Waals surface area (Å²) in [6.07, 6.45) is 0. The predicted molar refractivity (Wildman–Crippen MR) is 118 cm³/mol. The molecule has 0 radical (unpaired) electrons. The highest BCUT2D eigenvalue weighted by molar-refractivity contribution is 7.19. The third-order valence-corrected chi connectivity index (χ3v) is 6.80. The minimum Gasteiger partial charge on any atom is -0.477 e. The van der Waals surface area contributed by atoms with Gasteiger partial charge in [0.25, 0.3) is 5.56 Å². The fourth-order valence-corrected chi connectivity index (χ4v) is 5.05. The Morgan fingerprint density at radius 2 is 1.90 bits per heavy atom. The molecule has 30 heavy (non-hydrogen) atoms. The molecule has 8 nitrogen and oxygen atoms in total. The number of fused-ring (bicyclic) bond motifs is 1. The molecule has 10 heteroatoms. The highest BCUT2D eigenvalue weighted by Gasteiger charge is 2.17. The molecule has 0 saturated carbocycles. The standard InChI is InChI=1S/C20H17N5O3S2/c26-17-10-16(24-6-4-21-5-7-24)22-20-25(17)23-18(30-20)13-3-1-2-12(8-13)14-9-15(19(27)28)29-11-14/h1-3,8-11,21H,4-7H2,(H,27,28). The summed E-state index contributed by atoms with van der Waals surface area (Å²) in [4.78, 5) is 31.4. The Morgan fingerprint density at radius 3 is 2.67 bits per heavy atom. The number of carbonyl (C=O) groups is 1. The van der Waals surface area contributed by atoms with E-state index >= 15 is 0 Å². The van der Waals surface area contributed by atoms with Crippen LogP contribution in [-0.4, -0.2) is 51.9 Å². The number of nitrogens with zero attached hydrogens (tertiary/aromatic N) is 4. The summed E-state index contributed by atoms with van der Waals surface area (Å²) in [6.45, 7) is 3.37. The van der Waals surface area contributed by atoms with Crippen molar-refractivity contribution >= 4 is 39.4 Å². The minimum atomic E-state index is -0.931. The molecule has 1 fully saturated rings. The van der Waals surface area contributed by atoms with E-state index < -0.39 is 5.97 Å². The lowest BCUT2D eigenvalue weighted by Gasteiger charge is -2.27. The highest BCUT2D eigenvalue weighted by atomic mass is 32.1. The summed E-state index contributed by atoms with van der Waals surface area (Å²) in [6, 6.07) is 10.9. The zero-order chi connectivity index (χ0) is 20.7.